The Morgan fingerprint density at radius 2 is 0.862 bits per heavy atom. The number of para-hydroxylation sites is 2. The van der Waals surface area contributed by atoms with Crippen molar-refractivity contribution in [1.29, 1.82) is 10.5 Å². The fourth-order valence-electron chi connectivity index (χ4n) is 9.14. The predicted molar refractivity (Wildman–Crippen MR) is 240 cm³/mol. The van der Waals surface area contributed by atoms with E-state index in [0.717, 1.165) is 77.2 Å². The van der Waals surface area contributed by atoms with Crippen LogP contribution in [0.25, 0.3) is 88.4 Å². The van der Waals surface area contributed by atoms with Crippen LogP contribution in [0.5, 0.6) is 0 Å². The van der Waals surface area contributed by atoms with Gasteiger partial charge in [0, 0.05) is 27.1 Å². The molecule has 2 aromatic heterocycles. The number of rotatable bonds is 5. The number of aryl methyl sites for hydroxylation is 4. The zero-order valence-electron chi connectivity index (χ0n) is 32.8. The second-order valence-electron chi connectivity index (χ2n) is 15.5. The topological polar surface area (TPSA) is 57.4 Å². The number of hydrogen-bond donors (Lipinski definition) is 0. The van der Waals surface area contributed by atoms with Gasteiger partial charge in [0.25, 0.3) is 0 Å². The van der Waals surface area contributed by atoms with Gasteiger partial charge in [-0.25, -0.2) is 0 Å². The summed E-state index contributed by atoms with van der Waals surface area (Å²) in [4.78, 5) is 0. The minimum Gasteiger partial charge on any atom is -0.308 e. The molecule has 274 valence electrons. The van der Waals surface area contributed by atoms with Crippen molar-refractivity contribution in [3.05, 3.63) is 191 Å². The first-order chi connectivity index (χ1) is 28.3. The van der Waals surface area contributed by atoms with Crippen LogP contribution in [0.3, 0.4) is 0 Å². The molecule has 2 heterocycles. The molecule has 0 aliphatic carbocycles. The standard InChI is InChI=1S/C54H38N4/c1-33-16-20-42(35(3)24-33)39-18-22-46-44-12-5-7-14-48(44)57(50(46)29-39)52-27-38(32-56)28-53(54(52)41-11-9-10-37(26-41)31-55)58-49-15-8-6-13-45(49)47-23-19-40(30-51(47)58)43-21-17-34(2)25-36(43)4/h5-30H,1-4H3. The summed E-state index contributed by atoms with van der Waals surface area (Å²) in [5.41, 5.74) is 18.3. The molecule has 0 saturated heterocycles. The van der Waals surface area contributed by atoms with Crippen molar-refractivity contribution >= 4 is 43.6 Å². The highest BCUT2D eigenvalue weighted by atomic mass is 15.0. The summed E-state index contributed by atoms with van der Waals surface area (Å²) in [6, 6.07) is 60.5. The molecule has 0 atom stereocenters. The Morgan fingerprint density at radius 1 is 0.379 bits per heavy atom. The van der Waals surface area contributed by atoms with Crippen molar-refractivity contribution in [2.75, 3.05) is 0 Å². The van der Waals surface area contributed by atoms with Crippen LogP contribution in [0, 0.1) is 50.4 Å². The lowest BCUT2D eigenvalue weighted by Crippen LogP contribution is -2.05. The van der Waals surface area contributed by atoms with Gasteiger partial charge < -0.3 is 9.13 Å². The van der Waals surface area contributed by atoms with E-state index in [1.54, 1.807) is 0 Å². The highest BCUT2D eigenvalue weighted by Gasteiger charge is 2.24. The van der Waals surface area contributed by atoms with E-state index in [0.29, 0.717) is 11.1 Å². The maximum Gasteiger partial charge on any atom is 0.0993 e. The molecule has 4 heteroatoms. The minimum absolute atomic E-state index is 0.540. The number of hydrogen-bond acceptors (Lipinski definition) is 2. The Kier molecular flexibility index (Phi) is 8.11. The Morgan fingerprint density at radius 3 is 1.34 bits per heavy atom. The molecule has 4 nitrogen and oxygen atoms in total. The van der Waals surface area contributed by atoms with E-state index in [2.05, 4.69) is 176 Å². The van der Waals surface area contributed by atoms with Gasteiger partial charge in [-0.15, -0.1) is 0 Å². The first kappa shape index (κ1) is 34.8. The normalized spacial score (nSPS) is 11.4. The number of benzene rings is 8. The molecule has 10 rings (SSSR count). The second-order valence-corrected chi connectivity index (χ2v) is 15.5. The summed E-state index contributed by atoms with van der Waals surface area (Å²) in [7, 11) is 0. The van der Waals surface area contributed by atoms with Crippen molar-refractivity contribution in [3.63, 3.8) is 0 Å². The van der Waals surface area contributed by atoms with E-state index < -0.39 is 0 Å². The summed E-state index contributed by atoms with van der Waals surface area (Å²) < 4.78 is 4.65. The molecule has 0 aliphatic heterocycles. The fraction of sp³-hybridized carbons (Fsp3) is 0.0741. The summed E-state index contributed by atoms with van der Waals surface area (Å²) in [6.07, 6.45) is 0. The van der Waals surface area contributed by atoms with Gasteiger partial charge in [-0.1, -0.05) is 120 Å². The summed E-state index contributed by atoms with van der Waals surface area (Å²) in [5, 5.41) is 25.6. The van der Waals surface area contributed by atoms with Gasteiger partial charge in [0.2, 0.25) is 0 Å². The molecule has 0 radical (unpaired) electrons. The molecule has 0 fully saturated rings. The minimum atomic E-state index is 0.540. The molecular weight excluding hydrogens is 705 g/mol. The van der Waals surface area contributed by atoms with Crippen molar-refractivity contribution in [3.8, 4) is 56.9 Å². The molecule has 0 spiro atoms. The summed E-state index contributed by atoms with van der Waals surface area (Å²) in [5.74, 6) is 0. The molecule has 0 unspecified atom stereocenters. The molecule has 0 bridgehead atoms. The van der Waals surface area contributed by atoms with Crippen LogP contribution in [-0.2, 0) is 0 Å². The Balaban J connectivity index is 1.36. The van der Waals surface area contributed by atoms with Crippen molar-refractivity contribution in [2.24, 2.45) is 0 Å². The van der Waals surface area contributed by atoms with Crippen LogP contribution in [-0.4, -0.2) is 9.13 Å². The molecule has 0 saturated carbocycles. The Hall–Kier alpha value is -7.66. The predicted octanol–water partition coefficient (Wildman–Crippen LogP) is 13.9. The van der Waals surface area contributed by atoms with Crippen LogP contribution in [0.4, 0.5) is 0 Å². The largest absolute Gasteiger partial charge is 0.308 e. The number of nitrogens with zero attached hydrogens (tertiary/aromatic N) is 4. The first-order valence-electron chi connectivity index (χ1n) is 19.6. The molecule has 0 amide bonds. The van der Waals surface area contributed by atoms with Crippen LogP contribution < -0.4 is 0 Å². The first-order valence-corrected chi connectivity index (χ1v) is 19.6. The van der Waals surface area contributed by atoms with Crippen LogP contribution in [0.1, 0.15) is 33.4 Å². The highest BCUT2D eigenvalue weighted by molar-refractivity contribution is 6.13. The molecule has 58 heavy (non-hydrogen) atoms. The quantitative estimate of drug-likeness (QED) is 0.176. The molecule has 0 aliphatic rings. The fourth-order valence-corrected chi connectivity index (χ4v) is 9.14. The van der Waals surface area contributed by atoms with Crippen LogP contribution in [0.15, 0.2) is 158 Å². The molecular formula is C54H38N4. The number of fused-ring (bicyclic) bond motifs is 6. The van der Waals surface area contributed by atoms with E-state index >= 15 is 0 Å². The van der Waals surface area contributed by atoms with Gasteiger partial charge in [0.15, 0.2) is 0 Å². The zero-order valence-corrected chi connectivity index (χ0v) is 32.8. The lowest BCUT2D eigenvalue weighted by Gasteiger charge is -2.21. The summed E-state index contributed by atoms with van der Waals surface area (Å²) >= 11 is 0. The van der Waals surface area contributed by atoms with E-state index in [9.17, 15) is 10.5 Å². The van der Waals surface area contributed by atoms with E-state index in [-0.39, 0.29) is 0 Å². The lowest BCUT2D eigenvalue weighted by atomic mass is 9.96. The number of nitriles is 2. The van der Waals surface area contributed by atoms with Crippen LogP contribution >= 0.6 is 0 Å². The van der Waals surface area contributed by atoms with Crippen molar-refractivity contribution in [1.82, 2.24) is 9.13 Å². The van der Waals surface area contributed by atoms with Crippen molar-refractivity contribution in [2.45, 2.75) is 27.7 Å². The van der Waals surface area contributed by atoms with E-state index in [1.807, 2.05) is 30.3 Å². The third kappa shape index (κ3) is 5.50. The Bertz CT molecular complexity index is 3220. The van der Waals surface area contributed by atoms with Gasteiger partial charge in [-0.2, -0.15) is 10.5 Å². The molecule has 0 N–H and O–H groups in total. The molecule has 10 aromatic rings. The average Bonchev–Trinajstić information content (AvgIpc) is 3.75. The van der Waals surface area contributed by atoms with Gasteiger partial charge in [-0.05, 0) is 115 Å². The smallest absolute Gasteiger partial charge is 0.0993 e. The van der Waals surface area contributed by atoms with Gasteiger partial charge in [0.1, 0.15) is 0 Å². The van der Waals surface area contributed by atoms with Gasteiger partial charge >= 0.3 is 0 Å². The highest BCUT2D eigenvalue weighted by Crippen LogP contribution is 2.44. The van der Waals surface area contributed by atoms with Crippen LogP contribution in [0.2, 0.25) is 0 Å². The lowest BCUT2D eigenvalue weighted by molar-refractivity contribution is 1.13. The van der Waals surface area contributed by atoms with Gasteiger partial charge in [0.05, 0.1) is 56.7 Å². The second kappa shape index (κ2) is 13.5. The maximum atomic E-state index is 10.9. The zero-order chi connectivity index (χ0) is 39.7. The SMILES string of the molecule is Cc1ccc(-c2ccc3c4ccccc4n(-c4cc(C#N)cc(-n5c6ccccc6c6ccc(-c7ccc(C)cc7C)cc65)c4-c4cccc(C#N)c4)c3c2)c(C)c1. The maximum absolute atomic E-state index is 10.9. The monoisotopic (exact) mass is 742 g/mol. The number of aromatic nitrogens is 2. The third-order valence-corrected chi connectivity index (χ3v) is 11.7. The Labute approximate surface area is 337 Å². The van der Waals surface area contributed by atoms with E-state index in [1.165, 1.54) is 33.4 Å². The average molecular weight is 743 g/mol. The van der Waals surface area contributed by atoms with Gasteiger partial charge in [-0.3, -0.25) is 0 Å². The van der Waals surface area contributed by atoms with E-state index in [4.69, 9.17) is 0 Å². The summed E-state index contributed by atoms with van der Waals surface area (Å²) in [6.45, 7) is 8.59. The third-order valence-electron chi connectivity index (χ3n) is 11.7. The van der Waals surface area contributed by atoms with Crippen molar-refractivity contribution < 1.29 is 0 Å². The molecule has 8 aromatic carbocycles.